The van der Waals surface area contributed by atoms with Gasteiger partial charge in [0.05, 0.1) is 18.6 Å². The summed E-state index contributed by atoms with van der Waals surface area (Å²) in [5.41, 5.74) is 1.77. The first-order chi connectivity index (χ1) is 13.1. The molecule has 1 aliphatic rings. The fourth-order valence-electron chi connectivity index (χ4n) is 2.88. The van der Waals surface area contributed by atoms with Gasteiger partial charge in [-0.25, -0.2) is 0 Å². The maximum Gasteiger partial charge on any atom is 0.252 e. The number of carbonyl (C=O) groups excluding carboxylic acids is 3. The van der Waals surface area contributed by atoms with Gasteiger partial charge < -0.3 is 20.7 Å². The Morgan fingerprint density at radius 2 is 2.07 bits per heavy atom. The molecule has 0 aliphatic carbocycles. The average molecular weight is 368 g/mol. The molecule has 1 aromatic carbocycles. The molecule has 0 unspecified atom stereocenters. The summed E-state index contributed by atoms with van der Waals surface area (Å²) >= 11 is 0. The summed E-state index contributed by atoms with van der Waals surface area (Å²) in [5, 5.41) is 8.24. The van der Waals surface area contributed by atoms with E-state index < -0.39 is 5.92 Å². The van der Waals surface area contributed by atoms with E-state index in [0.717, 1.165) is 0 Å². The molecule has 8 nitrogen and oxygen atoms in total. The van der Waals surface area contributed by atoms with Gasteiger partial charge in [0.15, 0.2) is 0 Å². The van der Waals surface area contributed by atoms with E-state index in [1.54, 1.807) is 43.6 Å². The summed E-state index contributed by atoms with van der Waals surface area (Å²) in [4.78, 5) is 40.3. The predicted octanol–water partition coefficient (Wildman–Crippen LogP) is 1.06. The molecule has 140 valence electrons. The molecule has 0 radical (unpaired) electrons. The average Bonchev–Trinajstić information content (AvgIpc) is 2.70. The van der Waals surface area contributed by atoms with Crippen molar-refractivity contribution in [2.24, 2.45) is 0 Å². The molecule has 27 heavy (non-hydrogen) atoms. The van der Waals surface area contributed by atoms with Crippen LogP contribution in [0.3, 0.4) is 0 Å². The molecule has 0 saturated carbocycles. The third kappa shape index (κ3) is 4.41. The van der Waals surface area contributed by atoms with Crippen molar-refractivity contribution in [2.45, 2.75) is 12.3 Å². The summed E-state index contributed by atoms with van der Waals surface area (Å²) in [6, 6.07) is 8.54. The van der Waals surface area contributed by atoms with Crippen LogP contribution in [-0.2, 0) is 9.59 Å². The molecule has 0 bridgehead atoms. The molecule has 1 aliphatic heterocycles. The Labute approximate surface area is 156 Å². The smallest absolute Gasteiger partial charge is 0.252 e. The van der Waals surface area contributed by atoms with Crippen molar-refractivity contribution in [1.29, 1.82) is 0 Å². The first-order valence-corrected chi connectivity index (χ1v) is 8.52. The number of aromatic nitrogens is 1. The van der Waals surface area contributed by atoms with Gasteiger partial charge in [0.1, 0.15) is 5.75 Å². The Morgan fingerprint density at radius 1 is 1.26 bits per heavy atom. The normalized spacial score (nSPS) is 15.3. The molecular formula is C19H20N4O4. The van der Waals surface area contributed by atoms with E-state index in [1.807, 2.05) is 0 Å². The number of hydrogen-bond acceptors (Lipinski definition) is 5. The molecule has 0 fully saturated rings. The number of ether oxygens (including phenoxy) is 1. The Bertz CT molecular complexity index is 854. The largest absolute Gasteiger partial charge is 0.497 e. The maximum absolute atomic E-state index is 12.6. The van der Waals surface area contributed by atoms with Crippen molar-refractivity contribution in [3.8, 4) is 5.75 Å². The van der Waals surface area contributed by atoms with Crippen molar-refractivity contribution >= 4 is 23.4 Å². The Morgan fingerprint density at radius 3 is 2.81 bits per heavy atom. The standard InChI is InChI=1S/C19H20N4O4/c1-27-13-4-5-16-14(9-13)15(10-17(24)23-16)19(26)22-8-7-21-18(25)12-3-2-6-20-11-12/h2-6,9,11,15H,7-8,10H2,1H3,(H,21,25)(H,22,26)(H,23,24)/t15-/m0/s1. The van der Waals surface area contributed by atoms with Crippen LogP contribution in [-0.4, -0.2) is 42.9 Å². The molecule has 1 atom stereocenters. The van der Waals surface area contributed by atoms with Crippen LogP contribution < -0.4 is 20.7 Å². The first kappa shape index (κ1) is 18.4. The zero-order valence-corrected chi connectivity index (χ0v) is 14.8. The molecule has 3 rings (SSSR count). The summed E-state index contributed by atoms with van der Waals surface area (Å²) in [5.74, 6) is -0.721. The number of hydrogen-bond donors (Lipinski definition) is 3. The molecule has 2 heterocycles. The van der Waals surface area contributed by atoms with E-state index in [2.05, 4.69) is 20.9 Å². The summed E-state index contributed by atoms with van der Waals surface area (Å²) in [7, 11) is 1.54. The van der Waals surface area contributed by atoms with Crippen LogP contribution in [0.25, 0.3) is 0 Å². The summed E-state index contributed by atoms with van der Waals surface area (Å²) in [6.45, 7) is 0.519. The Hall–Kier alpha value is -3.42. The highest BCUT2D eigenvalue weighted by molar-refractivity contribution is 6.01. The van der Waals surface area contributed by atoms with Gasteiger partial charge in [-0.2, -0.15) is 0 Å². The van der Waals surface area contributed by atoms with Crippen molar-refractivity contribution in [3.05, 3.63) is 53.9 Å². The van der Waals surface area contributed by atoms with Crippen molar-refractivity contribution in [2.75, 3.05) is 25.5 Å². The second kappa shape index (κ2) is 8.31. The number of fused-ring (bicyclic) bond motifs is 1. The van der Waals surface area contributed by atoms with E-state index in [9.17, 15) is 14.4 Å². The Kier molecular flexibility index (Phi) is 5.65. The van der Waals surface area contributed by atoms with Crippen molar-refractivity contribution in [1.82, 2.24) is 15.6 Å². The highest BCUT2D eigenvalue weighted by atomic mass is 16.5. The zero-order chi connectivity index (χ0) is 19.2. The van der Waals surface area contributed by atoms with Gasteiger partial charge in [0.25, 0.3) is 5.91 Å². The van der Waals surface area contributed by atoms with Crippen LogP contribution in [0.2, 0.25) is 0 Å². The van der Waals surface area contributed by atoms with E-state index >= 15 is 0 Å². The number of rotatable bonds is 6. The second-order valence-corrected chi connectivity index (χ2v) is 6.05. The molecule has 0 spiro atoms. The van der Waals surface area contributed by atoms with Crippen LogP contribution in [0, 0.1) is 0 Å². The molecule has 3 amide bonds. The van der Waals surface area contributed by atoms with Crippen LogP contribution in [0.4, 0.5) is 5.69 Å². The minimum absolute atomic E-state index is 0.0635. The lowest BCUT2D eigenvalue weighted by molar-refractivity contribution is -0.126. The van der Waals surface area contributed by atoms with E-state index in [1.165, 1.54) is 6.20 Å². The SMILES string of the molecule is COc1ccc2c(c1)[C@@H](C(=O)NCCNC(=O)c1cccnc1)CC(=O)N2. The number of amides is 3. The van der Waals surface area contributed by atoms with Crippen molar-refractivity contribution in [3.63, 3.8) is 0 Å². The number of benzene rings is 1. The maximum atomic E-state index is 12.6. The number of pyridine rings is 1. The lowest BCUT2D eigenvalue weighted by Crippen LogP contribution is -2.39. The third-order valence-corrected chi connectivity index (χ3v) is 4.25. The molecule has 2 aromatic rings. The minimum Gasteiger partial charge on any atom is -0.497 e. The number of carbonyl (C=O) groups is 3. The Balaban J connectivity index is 1.57. The van der Waals surface area contributed by atoms with Gasteiger partial charge in [-0.3, -0.25) is 19.4 Å². The van der Waals surface area contributed by atoms with Gasteiger partial charge in [-0.15, -0.1) is 0 Å². The lowest BCUT2D eigenvalue weighted by Gasteiger charge is -2.25. The van der Waals surface area contributed by atoms with E-state index in [4.69, 9.17) is 4.74 Å². The summed E-state index contributed by atoms with van der Waals surface area (Å²) < 4.78 is 5.21. The number of anilines is 1. The fraction of sp³-hybridized carbons (Fsp3) is 0.263. The van der Waals surface area contributed by atoms with Crippen LogP contribution in [0.1, 0.15) is 28.3 Å². The van der Waals surface area contributed by atoms with E-state index in [0.29, 0.717) is 22.6 Å². The van der Waals surface area contributed by atoms with Crippen LogP contribution >= 0.6 is 0 Å². The third-order valence-electron chi connectivity index (χ3n) is 4.25. The molecule has 8 heteroatoms. The number of methoxy groups -OCH3 is 1. The monoisotopic (exact) mass is 368 g/mol. The zero-order valence-electron chi connectivity index (χ0n) is 14.8. The highest BCUT2D eigenvalue weighted by Crippen LogP contribution is 2.34. The second-order valence-electron chi connectivity index (χ2n) is 6.05. The van der Waals surface area contributed by atoms with Crippen LogP contribution in [0.15, 0.2) is 42.7 Å². The van der Waals surface area contributed by atoms with Gasteiger partial charge in [0.2, 0.25) is 11.8 Å². The topological polar surface area (TPSA) is 109 Å². The fourth-order valence-corrected chi connectivity index (χ4v) is 2.88. The quantitative estimate of drug-likeness (QED) is 0.661. The van der Waals surface area contributed by atoms with Gasteiger partial charge in [-0.05, 0) is 35.9 Å². The molecular weight excluding hydrogens is 348 g/mol. The molecule has 3 N–H and O–H groups in total. The number of nitrogens with one attached hydrogen (secondary N) is 3. The van der Waals surface area contributed by atoms with Gasteiger partial charge in [-0.1, -0.05) is 0 Å². The van der Waals surface area contributed by atoms with Gasteiger partial charge in [0, 0.05) is 37.6 Å². The highest BCUT2D eigenvalue weighted by Gasteiger charge is 2.30. The number of nitrogens with zero attached hydrogens (tertiary/aromatic N) is 1. The summed E-state index contributed by atoms with van der Waals surface area (Å²) in [6.07, 6.45) is 3.12. The predicted molar refractivity (Wildman–Crippen MR) is 98.6 cm³/mol. The molecule has 1 aromatic heterocycles. The molecule has 0 saturated heterocycles. The van der Waals surface area contributed by atoms with E-state index in [-0.39, 0.29) is 37.2 Å². The van der Waals surface area contributed by atoms with Crippen molar-refractivity contribution < 1.29 is 19.1 Å². The first-order valence-electron chi connectivity index (χ1n) is 8.52. The lowest BCUT2D eigenvalue weighted by atomic mass is 9.89. The minimum atomic E-state index is -0.599. The van der Waals surface area contributed by atoms with Crippen LogP contribution in [0.5, 0.6) is 5.75 Å². The van der Waals surface area contributed by atoms with Gasteiger partial charge >= 0.3 is 0 Å².